The van der Waals surface area contributed by atoms with Crippen LogP contribution in [0.4, 0.5) is 0 Å². The topological polar surface area (TPSA) is 55.1 Å². The van der Waals surface area contributed by atoms with E-state index in [2.05, 4.69) is 12.2 Å². The number of nitrogens with one attached hydrogen (secondary N) is 1. The molecule has 3 heteroatoms. The summed E-state index contributed by atoms with van der Waals surface area (Å²) in [5.74, 6) is 0.891. The molecule has 0 heterocycles. The molecule has 1 amide bonds. The fourth-order valence-corrected chi connectivity index (χ4v) is 3.31. The third-order valence-electron chi connectivity index (χ3n) is 4.52. The number of nitrogens with two attached hydrogens (primary N) is 1. The Balaban J connectivity index is 2.23. The molecule has 1 atom stereocenters. The third kappa shape index (κ3) is 7.88. The standard InChI is InChI=1S/C17H34N2O/c1-2-8-15(13-14-18)11-12-17(20)19-16-9-6-4-3-5-7-10-16/h15-16H,2-14,18H2,1H3,(H,19,20). The van der Waals surface area contributed by atoms with Crippen LogP contribution < -0.4 is 11.1 Å². The molecule has 1 aliphatic rings. The molecular weight excluding hydrogens is 248 g/mol. The molecule has 0 aliphatic heterocycles. The maximum absolute atomic E-state index is 12.1. The Labute approximate surface area is 125 Å². The summed E-state index contributed by atoms with van der Waals surface area (Å²) in [7, 11) is 0. The molecule has 0 aromatic rings. The van der Waals surface area contributed by atoms with E-state index in [0.717, 1.165) is 19.4 Å². The summed E-state index contributed by atoms with van der Waals surface area (Å²) < 4.78 is 0. The van der Waals surface area contributed by atoms with Crippen molar-refractivity contribution in [1.29, 1.82) is 0 Å². The number of carbonyl (C=O) groups is 1. The van der Waals surface area contributed by atoms with Crippen LogP contribution in [0.5, 0.6) is 0 Å². The Hall–Kier alpha value is -0.570. The zero-order chi connectivity index (χ0) is 14.6. The van der Waals surface area contributed by atoms with Crippen LogP contribution in [0.2, 0.25) is 0 Å². The quantitative estimate of drug-likeness (QED) is 0.712. The van der Waals surface area contributed by atoms with E-state index in [1.165, 1.54) is 57.8 Å². The number of rotatable bonds is 8. The van der Waals surface area contributed by atoms with Crippen LogP contribution in [0.1, 0.15) is 84.0 Å². The van der Waals surface area contributed by atoms with Gasteiger partial charge in [0.25, 0.3) is 0 Å². The highest BCUT2D eigenvalue weighted by atomic mass is 16.1. The summed E-state index contributed by atoms with van der Waals surface area (Å²) in [5, 5.41) is 3.26. The molecule has 0 saturated heterocycles. The Morgan fingerprint density at radius 3 is 2.35 bits per heavy atom. The molecule has 0 aromatic heterocycles. The van der Waals surface area contributed by atoms with Gasteiger partial charge in [-0.25, -0.2) is 0 Å². The molecule has 0 spiro atoms. The van der Waals surface area contributed by atoms with Crippen molar-refractivity contribution in [2.24, 2.45) is 11.7 Å². The van der Waals surface area contributed by atoms with Gasteiger partial charge in [-0.3, -0.25) is 4.79 Å². The molecule has 1 unspecified atom stereocenters. The van der Waals surface area contributed by atoms with Gasteiger partial charge in [0, 0.05) is 12.5 Å². The lowest BCUT2D eigenvalue weighted by Crippen LogP contribution is -2.35. The summed E-state index contributed by atoms with van der Waals surface area (Å²) >= 11 is 0. The highest BCUT2D eigenvalue weighted by molar-refractivity contribution is 5.76. The summed E-state index contributed by atoms with van der Waals surface area (Å²) in [4.78, 5) is 12.1. The van der Waals surface area contributed by atoms with Gasteiger partial charge in [0.15, 0.2) is 0 Å². The first-order valence-corrected chi connectivity index (χ1v) is 8.75. The normalized spacial score (nSPS) is 19.1. The van der Waals surface area contributed by atoms with Crippen molar-refractivity contribution in [2.45, 2.75) is 90.0 Å². The maximum Gasteiger partial charge on any atom is 0.220 e. The van der Waals surface area contributed by atoms with E-state index in [0.29, 0.717) is 18.4 Å². The van der Waals surface area contributed by atoms with Crippen LogP contribution in [-0.4, -0.2) is 18.5 Å². The Morgan fingerprint density at radius 1 is 1.10 bits per heavy atom. The predicted molar refractivity (Wildman–Crippen MR) is 85.6 cm³/mol. The fraction of sp³-hybridized carbons (Fsp3) is 0.941. The predicted octanol–water partition coefficient (Wildman–Crippen LogP) is 3.76. The molecule has 1 fully saturated rings. The molecule has 1 rings (SSSR count). The minimum absolute atomic E-state index is 0.258. The molecule has 0 radical (unpaired) electrons. The maximum atomic E-state index is 12.1. The zero-order valence-electron chi connectivity index (χ0n) is 13.3. The van der Waals surface area contributed by atoms with Crippen molar-refractivity contribution < 1.29 is 4.79 Å². The van der Waals surface area contributed by atoms with Crippen molar-refractivity contribution in [2.75, 3.05) is 6.54 Å². The first-order valence-electron chi connectivity index (χ1n) is 8.75. The molecule has 20 heavy (non-hydrogen) atoms. The van der Waals surface area contributed by atoms with Crippen LogP contribution >= 0.6 is 0 Å². The summed E-state index contributed by atoms with van der Waals surface area (Å²) in [5.41, 5.74) is 5.65. The molecule has 3 N–H and O–H groups in total. The van der Waals surface area contributed by atoms with Crippen molar-refractivity contribution in [3.63, 3.8) is 0 Å². The van der Waals surface area contributed by atoms with Crippen LogP contribution in [-0.2, 0) is 4.79 Å². The second-order valence-corrected chi connectivity index (χ2v) is 6.38. The van der Waals surface area contributed by atoms with Gasteiger partial charge in [-0.15, -0.1) is 0 Å². The van der Waals surface area contributed by atoms with E-state index in [1.807, 2.05) is 0 Å². The second-order valence-electron chi connectivity index (χ2n) is 6.38. The van der Waals surface area contributed by atoms with Gasteiger partial charge >= 0.3 is 0 Å². The van der Waals surface area contributed by atoms with E-state index >= 15 is 0 Å². The fourth-order valence-electron chi connectivity index (χ4n) is 3.31. The van der Waals surface area contributed by atoms with Crippen molar-refractivity contribution >= 4 is 5.91 Å². The number of hydrogen-bond acceptors (Lipinski definition) is 2. The van der Waals surface area contributed by atoms with E-state index in [1.54, 1.807) is 0 Å². The van der Waals surface area contributed by atoms with Gasteiger partial charge in [-0.2, -0.15) is 0 Å². The first-order chi connectivity index (χ1) is 9.76. The molecular formula is C17H34N2O. The molecule has 0 aromatic carbocycles. The van der Waals surface area contributed by atoms with Gasteiger partial charge in [-0.1, -0.05) is 51.9 Å². The summed E-state index contributed by atoms with van der Waals surface area (Å²) in [6.07, 6.45) is 14.1. The summed E-state index contributed by atoms with van der Waals surface area (Å²) in [6, 6.07) is 0.432. The lowest BCUT2D eigenvalue weighted by Gasteiger charge is -2.22. The smallest absolute Gasteiger partial charge is 0.220 e. The largest absolute Gasteiger partial charge is 0.353 e. The number of carbonyl (C=O) groups excluding carboxylic acids is 1. The number of amides is 1. The molecule has 1 saturated carbocycles. The molecule has 0 bridgehead atoms. The Kier molecular flexibility index (Phi) is 9.73. The van der Waals surface area contributed by atoms with Gasteiger partial charge in [-0.05, 0) is 38.1 Å². The van der Waals surface area contributed by atoms with Gasteiger partial charge in [0.05, 0.1) is 0 Å². The van der Waals surface area contributed by atoms with Crippen molar-refractivity contribution in [1.82, 2.24) is 5.32 Å². The monoisotopic (exact) mass is 282 g/mol. The SMILES string of the molecule is CCCC(CCN)CCC(=O)NC1CCCCCCC1. The summed E-state index contributed by atoms with van der Waals surface area (Å²) in [6.45, 7) is 2.95. The average Bonchev–Trinajstić information content (AvgIpc) is 2.39. The zero-order valence-corrected chi connectivity index (χ0v) is 13.3. The van der Waals surface area contributed by atoms with Crippen LogP contribution in [0.25, 0.3) is 0 Å². The Bertz CT molecular complexity index is 241. The van der Waals surface area contributed by atoms with Gasteiger partial charge in [0.1, 0.15) is 0 Å². The second kappa shape index (κ2) is 11.1. The van der Waals surface area contributed by atoms with Gasteiger partial charge < -0.3 is 11.1 Å². The van der Waals surface area contributed by atoms with E-state index in [-0.39, 0.29) is 5.91 Å². The van der Waals surface area contributed by atoms with E-state index in [4.69, 9.17) is 5.73 Å². The first kappa shape index (κ1) is 17.5. The van der Waals surface area contributed by atoms with Crippen LogP contribution in [0, 0.1) is 5.92 Å². The average molecular weight is 282 g/mol. The minimum atomic E-state index is 0.258. The highest BCUT2D eigenvalue weighted by Gasteiger charge is 2.15. The van der Waals surface area contributed by atoms with Crippen LogP contribution in [0.3, 0.4) is 0 Å². The molecule has 3 nitrogen and oxygen atoms in total. The van der Waals surface area contributed by atoms with Crippen LogP contribution in [0.15, 0.2) is 0 Å². The molecule has 118 valence electrons. The third-order valence-corrected chi connectivity index (χ3v) is 4.52. The number of hydrogen-bond donors (Lipinski definition) is 2. The van der Waals surface area contributed by atoms with Crippen molar-refractivity contribution in [3.8, 4) is 0 Å². The van der Waals surface area contributed by atoms with E-state index < -0.39 is 0 Å². The van der Waals surface area contributed by atoms with E-state index in [9.17, 15) is 4.79 Å². The lowest BCUT2D eigenvalue weighted by molar-refractivity contribution is -0.122. The molecule has 1 aliphatic carbocycles. The minimum Gasteiger partial charge on any atom is -0.353 e. The lowest BCUT2D eigenvalue weighted by atomic mass is 9.93. The highest BCUT2D eigenvalue weighted by Crippen LogP contribution is 2.19. The van der Waals surface area contributed by atoms with Crippen molar-refractivity contribution in [3.05, 3.63) is 0 Å². The van der Waals surface area contributed by atoms with Gasteiger partial charge in [0.2, 0.25) is 5.91 Å². The Morgan fingerprint density at radius 2 is 1.75 bits per heavy atom.